The topological polar surface area (TPSA) is 54.9 Å². The van der Waals surface area contributed by atoms with Crippen LogP contribution in [0.15, 0.2) is 36.4 Å². The van der Waals surface area contributed by atoms with Gasteiger partial charge in [0.2, 0.25) is 6.41 Å². The standard InChI is InChI=1S/C15H11F3IN3O/c16-15(17,18)10-3-1-2-9(6-10)14(20-8-23)7-11(14)12-4-5-13(19)22-21-12/h1-6,8,11H,7H2,(H,20,23). The lowest BCUT2D eigenvalue weighted by molar-refractivity contribution is -0.137. The summed E-state index contributed by atoms with van der Waals surface area (Å²) in [6.07, 6.45) is -3.42. The van der Waals surface area contributed by atoms with Crippen molar-refractivity contribution in [3.63, 3.8) is 0 Å². The molecular formula is C15H11F3IN3O. The van der Waals surface area contributed by atoms with Gasteiger partial charge in [0.15, 0.2) is 0 Å². The molecule has 0 radical (unpaired) electrons. The molecule has 1 heterocycles. The van der Waals surface area contributed by atoms with E-state index in [2.05, 4.69) is 15.5 Å². The maximum Gasteiger partial charge on any atom is 0.416 e. The van der Waals surface area contributed by atoms with Gasteiger partial charge in [0.25, 0.3) is 0 Å². The predicted molar refractivity (Wildman–Crippen MR) is 84.4 cm³/mol. The Labute approximate surface area is 143 Å². The Balaban J connectivity index is 1.98. The van der Waals surface area contributed by atoms with E-state index in [0.717, 1.165) is 15.8 Å². The molecule has 23 heavy (non-hydrogen) atoms. The van der Waals surface area contributed by atoms with Crippen LogP contribution in [0, 0.1) is 3.70 Å². The zero-order valence-electron chi connectivity index (χ0n) is 11.6. The van der Waals surface area contributed by atoms with Gasteiger partial charge in [-0.25, -0.2) is 0 Å². The van der Waals surface area contributed by atoms with E-state index in [1.54, 1.807) is 18.2 Å². The molecule has 1 aromatic heterocycles. The minimum atomic E-state index is -4.43. The molecule has 4 nitrogen and oxygen atoms in total. The van der Waals surface area contributed by atoms with Crippen molar-refractivity contribution in [2.24, 2.45) is 0 Å². The second-order valence-electron chi connectivity index (χ2n) is 5.35. The van der Waals surface area contributed by atoms with Crippen molar-refractivity contribution < 1.29 is 18.0 Å². The lowest BCUT2D eigenvalue weighted by Crippen LogP contribution is -2.30. The fraction of sp³-hybridized carbons (Fsp3) is 0.267. The lowest BCUT2D eigenvalue weighted by atomic mass is 9.98. The molecule has 2 atom stereocenters. The Morgan fingerprint density at radius 2 is 2.04 bits per heavy atom. The van der Waals surface area contributed by atoms with Crippen molar-refractivity contribution in [1.82, 2.24) is 15.5 Å². The van der Waals surface area contributed by atoms with Gasteiger partial charge in [0.1, 0.15) is 3.70 Å². The summed E-state index contributed by atoms with van der Waals surface area (Å²) >= 11 is 2.02. The van der Waals surface area contributed by atoms with Gasteiger partial charge in [-0.15, -0.1) is 5.10 Å². The van der Waals surface area contributed by atoms with Gasteiger partial charge in [-0.2, -0.15) is 18.3 Å². The Bertz CT molecular complexity index is 735. The van der Waals surface area contributed by atoms with Crippen LogP contribution in [-0.4, -0.2) is 16.6 Å². The first kappa shape index (κ1) is 16.2. The third kappa shape index (κ3) is 3.04. The average molecular weight is 433 g/mol. The van der Waals surface area contributed by atoms with Gasteiger partial charge in [-0.3, -0.25) is 4.79 Å². The molecule has 0 aliphatic heterocycles. The summed E-state index contributed by atoms with van der Waals surface area (Å²) in [6.45, 7) is 0. The SMILES string of the molecule is O=CNC1(c2cccc(C(F)(F)F)c2)CC1c1ccc(I)nn1. The molecule has 1 aromatic carbocycles. The first-order chi connectivity index (χ1) is 10.9. The average Bonchev–Trinajstić information content (AvgIpc) is 3.23. The highest BCUT2D eigenvalue weighted by Gasteiger charge is 2.57. The number of carbonyl (C=O) groups is 1. The van der Waals surface area contributed by atoms with Crippen LogP contribution in [0.4, 0.5) is 13.2 Å². The molecule has 1 amide bonds. The molecule has 1 aliphatic carbocycles. The summed E-state index contributed by atoms with van der Waals surface area (Å²) < 4.78 is 39.5. The van der Waals surface area contributed by atoms with Crippen LogP contribution in [0.1, 0.15) is 29.2 Å². The second-order valence-corrected chi connectivity index (χ2v) is 6.45. The van der Waals surface area contributed by atoms with Gasteiger partial charge in [-0.05, 0) is 58.8 Å². The Kier molecular flexibility index (Phi) is 4.03. The summed E-state index contributed by atoms with van der Waals surface area (Å²) in [7, 11) is 0. The van der Waals surface area contributed by atoms with Crippen LogP contribution in [-0.2, 0) is 16.5 Å². The minimum absolute atomic E-state index is 0.194. The molecule has 0 saturated heterocycles. The number of alkyl halides is 3. The molecule has 3 rings (SSSR count). The molecule has 0 spiro atoms. The molecule has 1 fully saturated rings. The molecule has 0 bridgehead atoms. The number of nitrogens with one attached hydrogen (secondary N) is 1. The smallest absolute Gasteiger partial charge is 0.348 e. The summed E-state index contributed by atoms with van der Waals surface area (Å²) in [5.74, 6) is -0.194. The van der Waals surface area contributed by atoms with E-state index in [4.69, 9.17) is 0 Å². The van der Waals surface area contributed by atoms with E-state index >= 15 is 0 Å². The van der Waals surface area contributed by atoms with E-state index in [-0.39, 0.29) is 5.92 Å². The Hall–Kier alpha value is -1.71. The maximum absolute atomic E-state index is 12.9. The molecular weight excluding hydrogens is 422 g/mol. The second kappa shape index (κ2) is 5.73. The first-order valence-corrected chi connectivity index (χ1v) is 7.83. The van der Waals surface area contributed by atoms with Gasteiger partial charge in [0.05, 0.1) is 16.8 Å². The summed E-state index contributed by atoms with van der Waals surface area (Å²) in [4.78, 5) is 11.0. The van der Waals surface area contributed by atoms with E-state index in [0.29, 0.717) is 24.1 Å². The largest absolute Gasteiger partial charge is 0.416 e. The van der Waals surface area contributed by atoms with Crippen LogP contribution in [0.2, 0.25) is 0 Å². The Morgan fingerprint density at radius 3 is 2.65 bits per heavy atom. The lowest BCUT2D eigenvalue weighted by Gasteiger charge is -2.18. The van der Waals surface area contributed by atoms with Crippen molar-refractivity contribution in [2.45, 2.75) is 24.1 Å². The molecule has 1 aliphatic rings. The monoisotopic (exact) mass is 433 g/mol. The van der Waals surface area contributed by atoms with Crippen LogP contribution in [0.5, 0.6) is 0 Å². The molecule has 8 heteroatoms. The van der Waals surface area contributed by atoms with Crippen molar-refractivity contribution in [3.05, 3.63) is 56.9 Å². The number of hydrogen-bond donors (Lipinski definition) is 1. The number of carbonyl (C=O) groups excluding carboxylic acids is 1. The Morgan fingerprint density at radius 1 is 1.26 bits per heavy atom. The number of rotatable bonds is 4. The summed E-state index contributed by atoms with van der Waals surface area (Å²) in [5, 5.41) is 10.7. The highest BCUT2D eigenvalue weighted by atomic mass is 127. The number of hydrogen-bond acceptors (Lipinski definition) is 3. The van der Waals surface area contributed by atoms with Crippen LogP contribution >= 0.6 is 22.6 Å². The third-order valence-corrected chi connectivity index (χ3v) is 4.57. The normalized spacial score (nSPS) is 23.4. The van der Waals surface area contributed by atoms with Crippen molar-refractivity contribution in [3.8, 4) is 0 Å². The molecule has 1 saturated carbocycles. The van der Waals surface area contributed by atoms with Crippen molar-refractivity contribution in [1.29, 1.82) is 0 Å². The fourth-order valence-corrected chi connectivity index (χ4v) is 3.06. The first-order valence-electron chi connectivity index (χ1n) is 6.75. The highest BCUT2D eigenvalue weighted by Crippen LogP contribution is 2.58. The van der Waals surface area contributed by atoms with Crippen molar-refractivity contribution in [2.75, 3.05) is 0 Å². The zero-order chi connectivity index (χ0) is 16.7. The maximum atomic E-state index is 12.9. The zero-order valence-corrected chi connectivity index (χ0v) is 13.8. The quantitative estimate of drug-likeness (QED) is 0.596. The number of amides is 1. The van der Waals surface area contributed by atoms with E-state index in [1.807, 2.05) is 22.6 Å². The summed E-state index contributed by atoms with van der Waals surface area (Å²) in [6, 6.07) is 8.59. The molecule has 1 N–H and O–H groups in total. The fourth-order valence-electron chi connectivity index (χ4n) is 2.77. The van der Waals surface area contributed by atoms with Gasteiger partial charge < -0.3 is 5.32 Å². The van der Waals surface area contributed by atoms with Gasteiger partial charge in [0, 0.05) is 5.92 Å². The third-order valence-electron chi connectivity index (χ3n) is 3.99. The van der Waals surface area contributed by atoms with Crippen molar-refractivity contribution >= 4 is 29.0 Å². The number of aromatic nitrogens is 2. The molecule has 2 unspecified atom stereocenters. The van der Waals surface area contributed by atoms with E-state index < -0.39 is 17.3 Å². The van der Waals surface area contributed by atoms with Gasteiger partial charge >= 0.3 is 6.18 Å². The van der Waals surface area contributed by atoms with Gasteiger partial charge in [-0.1, -0.05) is 12.1 Å². The minimum Gasteiger partial charge on any atom is -0.348 e. The molecule has 2 aromatic rings. The van der Waals surface area contributed by atoms with Crippen LogP contribution in [0.3, 0.4) is 0 Å². The predicted octanol–water partition coefficient (Wildman–Crippen LogP) is 3.23. The van der Waals surface area contributed by atoms with Crippen LogP contribution in [0.25, 0.3) is 0 Å². The number of benzene rings is 1. The van der Waals surface area contributed by atoms with E-state index in [9.17, 15) is 18.0 Å². The molecule has 120 valence electrons. The number of halogens is 4. The highest BCUT2D eigenvalue weighted by molar-refractivity contribution is 14.1. The summed E-state index contributed by atoms with van der Waals surface area (Å²) in [5.41, 5.74) is -0.520. The van der Waals surface area contributed by atoms with Crippen LogP contribution < -0.4 is 5.32 Å². The number of nitrogens with zero attached hydrogens (tertiary/aromatic N) is 2. The van der Waals surface area contributed by atoms with E-state index in [1.165, 1.54) is 6.07 Å².